The molecule has 0 fully saturated rings. The molecule has 2 heterocycles. The van der Waals surface area contributed by atoms with Crippen LogP contribution in [0.3, 0.4) is 0 Å². The quantitative estimate of drug-likeness (QED) is 0.749. The second-order valence-corrected chi connectivity index (χ2v) is 3.20. The molecule has 0 amide bonds. The van der Waals surface area contributed by atoms with E-state index in [0.717, 1.165) is 17.9 Å². The van der Waals surface area contributed by atoms with E-state index in [1.165, 1.54) is 0 Å². The Bertz CT molecular complexity index is 414. The summed E-state index contributed by atoms with van der Waals surface area (Å²) in [7, 11) is 1.88. The first-order valence-electron chi connectivity index (χ1n) is 4.47. The van der Waals surface area contributed by atoms with Crippen LogP contribution in [0, 0.1) is 0 Å². The zero-order valence-electron chi connectivity index (χ0n) is 8.09. The van der Waals surface area contributed by atoms with Crippen molar-refractivity contribution in [3.8, 4) is 0 Å². The Morgan fingerprint density at radius 3 is 2.93 bits per heavy atom. The molecular formula is C9H13N5. The van der Waals surface area contributed by atoms with Crippen molar-refractivity contribution in [2.45, 2.75) is 13.1 Å². The Morgan fingerprint density at radius 1 is 1.50 bits per heavy atom. The molecule has 0 saturated carbocycles. The second kappa shape index (κ2) is 3.63. The molecule has 2 N–H and O–H groups in total. The number of aryl methyl sites for hydroxylation is 1. The van der Waals surface area contributed by atoms with Crippen LogP contribution >= 0.6 is 0 Å². The molecule has 0 saturated heterocycles. The number of hydrogen-bond donors (Lipinski definition) is 1. The summed E-state index contributed by atoms with van der Waals surface area (Å²) < 4.78 is 3.81. The minimum absolute atomic E-state index is 0.575. The number of hydrogen-bond acceptors (Lipinski definition) is 3. The van der Waals surface area contributed by atoms with Crippen LogP contribution < -0.4 is 5.73 Å². The van der Waals surface area contributed by atoms with Gasteiger partial charge in [-0.1, -0.05) is 0 Å². The van der Waals surface area contributed by atoms with Crippen molar-refractivity contribution in [1.29, 1.82) is 0 Å². The number of rotatable bonds is 3. The zero-order chi connectivity index (χ0) is 9.97. The number of aromatic nitrogens is 4. The normalized spacial score (nSPS) is 10.7. The van der Waals surface area contributed by atoms with Crippen LogP contribution in [0.15, 0.2) is 24.8 Å². The topological polar surface area (TPSA) is 61.7 Å². The standard InChI is InChI=1S/C9H13N5/c1-13-9(11-7-12-13)6-14-3-2-8(4-10)5-14/h2-3,5,7H,4,6,10H2,1H3. The van der Waals surface area contributed by atoms with Gasteiger partial charge in [-0.2, -0.15) is 5.10 Å². The average molecular weight is 191 g/mol. The maximum absolute atomic E-state index is 5.52. The van der Waals surface area contributed by atoms with Gasteiger partial charge in [0, 0.05) is 26.0 Å². The summed E-state index contributed by atoms with van der Waals surface area (Å²) in [4.78, 5) is 4.15. The largest absolute Gasteiger partial charge is 0.346 e. The van der Waals surface area contributed by atoms with Crippen LogP contribution in [-0.4, -0.2) is 19.3 Å². The molecular weight excluding hydrogens is 178 g/mol. The van der Waals surface area contributed by atoms with E-state index in [1.54, 1.807) is 11.0 Å². The minimum atomic E-state index is 0.575. The van der Waals surface area contributed by atoms with Crippen molar-refractivity contribution in [3.63, 3.8) is 0 Å². The minimum Gasteiger partial charge on any atom is -0.346 e. The predicted molar refractivity (Wildman–Crippen MR) is 52.4 cm³/mol. The highest BCUT2D eigenvalue weighted by atomic mass is 15.3. The molecule has 14 heavy (non-hydrogen) atoms. The number of nitrogens with two attached hydrogens (primary N) is 1. The third kappa shape index (κ3) is 1.67. The van der Waals surface area contributed by atoms with Crippen LogP contribution in [0.1, 0.15) is 11.4 Å². The van der Waals surface area contributed by atoms with Gasteiger partial charge in [0.25, 0.3) is 0 Å². The van der Waals surface area contributed by atoms with Gasteiger partial charge in [-0.25, -0.2) is 4.98 Å². The van der Waals surface area contributed by atoms with E-state index in [4.69, 9.17) is 5.73 Å². The van der Waals surface area contributed by atoms with Crippen LogP contribution in [0.2, 0.25) is 0 Å². The molecule has 5 nitrogen and oxygen atoms in total. The molecule has 0 bridgehead atoms. The van der Waals surface area contributed by atoms with Gasteiger partial charge >= 0.3 is 0 Å². The highest BCUT2D eigenvalue weighted by Crippen LogP contribution is 2.02. The fourth-order valence-electron chi connectivity index (χ4n) is 1.34. The smallest absolute Gasteiger partial charge is 0.146 e. The predicted octanol–water partition coefficient (Wildman–Crippen LogP) is 0.124. The summed E-state index contributed by atoms with van der Waals surface area (Å²) in [5.74, 6) is 0.934. The Morgan fingerprint density at radius 2 is 2.36 bits per heavy atom. The second-order valence-electron chi connectivity index (χ2n) is 3.20. The fourth-order valence-corrected chi connectivity index (χ4v) is 1.34. The molecule has 2 rings (SSSR count). The molecule has 0 spiro atoms. The van der Waals surface area contributed by atoms with Crippen molar-refractivity contribution < 1.29 is 0 Å². The van der Waals surface area contributed by atoms with E-state index in [2.05, 4.69) is 10.1 Å². The molecule has 0 atom stereocenters. The lowest BCUT2D eigenvalue weighted by Crippen LogP contribution is -2.05. The van der Waals surface area contributed by atoms with Crippen molar-refractivity contribution in [2.24, 2.45) is 12.8 Å². The third-order valence-electron chi connectivity index (χ3n) is 2.18. The molecule has 0 aromatic carbocycles. The van der Waals surface area contributed by atoms with Crippen LogP contribution in [0.5, 0.6) is 0 Å². The van der Waals surface area contributed by atoms with E-state index >= 15 is 0 Å². The van der Waals surface area contributed by atoms with E-state index < -0.39 is 0 Å². The van der Waals surface area contributed by atoms with Crippen molar-refractivity contribution in [2.75, 3.05) is 0 Å². The molecule has 0 aliphatic rings. The van der Waals surface area contributed by atoms with Crippen LogP contribution in [-0.2, 0) is 20.1 Å². The monoisotopic (exact) mass is 191 g/mol. The lowest BCUT2D eigenvalue weighted by Gasteiger charge is -2.01. The maximum Gasteiger partial charge on any atom is 0.146 e. The van der Waals surface area contributed by atoms with Gasteiger partial charge in [0.2, 0.25) is 0 Å². The molecule has 0 radical (unpaired) electrons. The molecule has 0 aliphatic carbocycles. The van der Waals surface area contributed by atoms with Crippen molar-refractivity contribution >= 4 is 0 Å². The molecule has 74 valence electrons. The van der Waals surface area contributed by atoms with Crippen LogP contribution in [0.25, 0.3) is 0 Å². The van der Waals surface area contributed by atoms with Gasteiger partial charge in [-0.15, -0.1) is 0 Å². The Labute approximate surface area is 82.2 Å². The first-order chi connectivity index (χ1) is 6.79. The molecule has 2 aromatic rings. The van der Waals surface area contributed by atoms with Gasteiger partial charge in [0.15, 0.2) is 0 Å². The van der Waals surface area contributed by atoms with E-state index in [-0.39, 0.29) is 0 Å². The summed E-state index contributed by atoms with van der Waals surface area (Å²) in [5, 5.41) is 4.01. The Kier molecular flexibility index (Phi) is 2.32. The summed E-state index contributed by atoms with van der Waals surface area (Å²) in [6.07, 6.45) is 5.58. The van der Waals surface area contributed by atoms with E-state index in [9.17, 15) is 0 Å². The van der Waals surface area contributed by atoms with Gasteiger partial charge in [0.1, 0.15) is 12.2 Å². The number of nitrogens with zero attached hydrogens (tertiary/aromatic N) is 4. The van der Waals surface area contributed by atoms with Crippen molar-refractivity contribution in [1.82, 2.24) is 19.3 Å². The SMILES string of the molecule is Cn1ncnc1Cn1ccc(CN)c1. The first kappa shape index (κ1) is 8.96. The van der Waals surface area contributed by atoms with Gasteiger partial charge in [0.05, 0.1) is 6.54 Å². The maximum atomic E-state index is 5.52. The molecule has 2 aromatic heterocycles. The summed E-state index contributed by atoms with van der Waals surface area (Å²) in [6.45, 7) is 1.31. The molecule has 5 heteroatoms. The molecule has 0 aliphatic heterocycles. The van der Waals surface area contributed by atoms with E-state index in [1.807, 2.05) is 30.1 Å². The summed E-state index contributed by atoms with van der Waals surface area (Å²) >= 11 is 0. The first-order valence-corrected chi connectivity index (χ1v) is 4.47. The van der Waals surface area contributed by atoms with Gasteiger partial charge in [-0.3, -0.25) is 4.68 Å². The fraction of sp³-hybridized carbons (Fsp3) is 0.333. The van der Waals surface area contributed by atoms with Crippen LogP contribution in [0.4, 0.5) is 0 Å². The lowest BCUT2D eigenvalue weighted by atomic mass is 10.3. The van der Waals surface area contributed by atoms with Gasteiger partial charge in [-0.05, 0) is 11.6 Å². The lowest BCUT2D eigenvalue weighted by molar-refractivity contribution is 0.654. The third-order valence-corrected chi connectivity index (χ3v) is 2.18. The van der Waals surface area contributed by atoms with Crippen molar-refractivity contribution in [3.05, 3.63) is 36.2 Å². The average Bonchev–Trinajstić information content (AvgIpc) is 2.77. The highest BCUT2D eigenvalue weighted by molar-refractivity contribution is 5.10. The molecule has 0 unspecified atom stereocenters. The highest BCUT2D eigenvalue weighted by Gasteiger charge is 2.01. The Balaban J connectivity index is 2.15. The summed E-state index contributed by atoms with van der Waals surface area (Å²) in [5.41, 5.74) is 6.65. The van der Waals surface area contributed by atoms with E-state index in [0.29, 0.717) is 6.54 Å². The van der Waals surface area contributed by atoms with Gasteiger partial charge < -0.3 is 10.3 Å². The summed E-state index contributed by atoms with van der Waals surface area (Å²) in [6, 6.07) is 2.01. The Hall–Kier alpha value is -1.62. The zero-order valence-corrected chi connectivity index (χ0v) is 8.09.